The molecule has 0 atom stereocenters. The first-order valence-corrected chi connectivity index (χ1v) is 3.96. The minimum absolute atomic E-state index is 0.325. The molecule has 0 aliphatic rings. The van der Waals surface area contributed by atoms with Crippen LogP contribution in [-0.2, 0) is 4.79 Å². The Morgan fingerprint density at radius 2 is 1.73 bits per heavy atom. The van der Waals surface area contributed by atoms with Crippen LogP contribution in [0.2, 0.25) is 0 Å². The highest BCUT2D eigenvalue weighted by molar-refractivity contribution is 5.75. The molecule has 0 saturated heterocycles. The monoisotopic (exact) mass is 162 g/mol. The van der Waals surface area contributed by atoms with Crippen LogP contribution < -0.4 is 0 Å². The first-order valence-electron chi connectivity index (χ1n) is 3.96. The van der Waals surface area contributed by atoms with Gasteiger partial charge in [-0.3, -0.25) is 10.5 Å². The normalized spacial score (nSPS) is 8.36. The van der Waals surface area contributed by atoms with Crippen LogP contribution in [0.15, 0.2) is 0 Å². The van der Waals surface area contributed by atoms with Gasteiger partial charge in [0.05, 0.1) is 0 Å². The smallest absolute Gasteiger partial charge is 0.129 e. The van der Waals surface area contributed by atoms with Crippen molar-refractivity contribution in [2.45, 2.75) is 46.0 Å². The maximum absolute atomic E-state index is 10.4. The van der Waals surface area contributed by atoms with E-state index in [1.807, 2.05) is 0 Å². The zero-order chi connectivity index (χ0) is 9.11. The Hall–Kier alpha value is -0.410. The van der Waals surface area contributed by atoms with E-state index in [-0.39, 0.29) is 0 Å². The van der Waals surface area contributed by atoms with Gasteiger partial charge in [-0.1, -0.05) is 26.2 Å². The average Bonchev–Trinajstić information content (AvgIpc) is 2.02. The van der Waals surface area contributed by atoms with E-state index in [1.165, 1.54) is 19.3 Å². The molecule has 11 heavy (non-hydrogen) atoms. The van der Waals surface area contributed by atoms with Gasteiger partial charge >= 0.3 is 0 Å². The fourth-order valence-electron chi connectivity index (χ4n) is 0.801. The van der Waals surface area contributed by atoms with E-state index in [0.29, 0.717) is 5.78 Å². The Morgan fingerprint density at radius 1 is 1.18 bits per heavy atom. The molecule has 3 heteroatoms. The summed E-state index contributed by atoms with van der Waals surface area (Å²) in [4.78, 5) is 10.4. The molecule has 0 amide bonds. The van der Waals surface area contributed by atoms with Crippen LogP contribution in [0.5, 0.6) is 0 Å². The van der Waals surface area contributed by atoms with Gasteiger partial charge in [0, 0.05) is 6.42 Å². The molecule has 0 aliphatic carbocycles. The van der Waals surface area contributed by atoms with Crippen molar-refractivity contribution in [1.82, 2.24) is 0 Å². The van der Waals surface area contributed by atoms with Gasteiger partial charge < -0.3 is 4.79 Å². The van der Waals surface area contributed by atoms with Crippen LogP contribution in [-0.4, -0.2) is 16.3 Å². The lowest BCUT2D eigenvalue weighted by atomic mass is 10.1. The summed E-state index contributed by atoms with van der Waals surface area (Å²) in [6, 6.07) is 0. The number of ketones is 1. The standard InChI is InChI=1S/C8H16O.H2O2/c1-3-4-5-6-7-8(2)9;1-2/h3-7H2,1-2H3;1-2H. The summed E-state index contributed by atoms with van der Waals surface area (Å²) < 4.78 is 0. The number of Topliss-reactive ketones (excluding diaryl/α,β-unsaturated/α-hetero) is 1. The maximum Gasteiger partial charge on any atom is 0.129 e. The summed E-state index contributed by atoms with van der Waals surface area (Å²) in [6.07, 6.45) is 5.60. The van der Waals surface area contributed by atoms with Crippen molar-refractivity contribution in [3.8, 4) is 0 Å². The molecule has 0 aromatic carbocycles. The molecule has 0 spiro atoms. The Morgan fingerprint density at radius 3 is 2.09 bits per heavy atom. The highest BCUT2D eigenvalue weighted by Crippen LogP contribution is 2.01. The van der Waals surface area contributed by atoms with Gasteiger partial charge in [0.2, 0.25) is 0 Å². The third-order valence-electron chi connectivity index (χ3n) is 1.38. The average molecular weight is 162 g/mol. The quantitative estimate of drug-likeness (QED) is 0.371. The number of hydrogen-bond donors (Lipinski definition) is 2. The van der Waals surface area contributed by atoms with Gasteiger partial charge in [0.25, 0.3) is 0 Å². The lowest BCUT2D eigenvalue weighted by Gasteiger charge is -1.93. The molecule has 0 aromatic rings. The number of carbonyl (C=O) groups is 1. The molecular formula is C8H18O3. The van der Waals surface area contributed by atoms with Crippen LogP contribution >= 0.6 is 0 Å². The molecule has 0 fully saturated rings. The SMILES string of the molecule is CCCCCCC(C)=O.OO. The molecule has 0 bridgehead atoms. The minimum atomic E-state index is 0.325. The second kappa shape index (κ2) is 12.3. The Balaban J connectivity index is 0. The van der Waals surface area contributed by atoms with Gasteiger partial charge in [-0.25, -0.2) is 0 Å². The maximum atomic E-state index is 10.4. The van der Waals surface area contributed by atoms with Gasteiger partial charge in [-0.05, 0) is 13.3 Å². The number of unbranched alkanes of at least 4 members (excludes halogenated alkanes) is 3. The van der Waals surface area contributed by atoms with Crippen molar-refractivity contribution in [2.24, 2.45) is 0 Å². The largest absolute Gasteiger partial charge is 0.300 e. The van der Waals surface area contributed by atoms with Crippen LogP contribution in [0.25, 0.3) is 0 Å². The Kier molecular flexibility index (Phi) is 14.7. The zero-order valence-corrected chi connectivity index (χ0v) is 7.34. The van der Waals surface area contributed by atoms with Crippen molar-refractivity contribution in [2.75, 3.05) is 0 Å². The summed E-state index contributed by atoms with van der Waals surface area (Å²) >= 11 is 0. The lowest BCUT2D eigenvalue weighted by Crippen LogP contribution is -1.88. The molecule has 0 saturated carbocycles. The first kappa shape index (κ1) is 13.2. The van der Waals surface area contributed by atoms with E-state index in [2.05, 4.69) is 6.92 Å². The van der Waals surface area contributed by atoms with Crippen LogP contribution in [0, 0.1) is 0 Å². The van der Waals surface area contributed by atoms with E-state index < -0.39 is 0 Å². The van der Waals surface area contributed by atoms with E-state index >= 15 is 0 Å². The second-order valence-electron chi connectivity index (χ2n) is 2.51. The fourth-order valence-corrected chi connectivity index (χ4v) is 0.801. The topological polar surface area (TPSA) is 57.5 Å². The lowest BCUT2D eigenvalue weighted by molar-refractivity contribution is -0.176. The summed E-state index contributed by atoms with van der Waals surface area (Å²) in [5.74, 6) is 0.325. The zero-order valence-electron chi connectivity index (χ0n) is 7.34. The molecule has 0 heterocycles. The molecule has 0 aromatic heterocycles. The number of rotatable bonds is 5. The summed E-state index contributed by atoms with van der Waals surface area (Å²) in [5, 5.41) is 12.0. The summed E-state index contributed by atoms with van der Waals surface area (Å²) in [5.41, 5.74) is 0. The van der Waals surface area contributed by atoms with Crippen molar-refractivity contribution >= 4 is 5.78 Å². The molecule has 0 rings (SSSR count). The predicted octanol–water partition coefficient (Wildman–Crippen LogP) is 2.56. The van der Waals surface area contributed by atoms with Crippen molar-refractivity contribution < 1.29 is 15.3 Å². The molecule has 2 N–H and O–H groups in total. The van der Waals surface area contributed by atoms with Gasteiger partial charge in [-0.15, -0.1) is 0 Å². The van der Waals surface area contributed by atoms with E-state index in [0.717, 1.165) is 12.8 Å². The number of hydrogen-bond acceptors (Lipinski definition) is 3. The number of carbonyl (C=O) groups excluding carboxylic acids is 1. The first-order chi connectivity index (χ1) is 5.27. The fraction of sp³-hybridized carbons (Fsp3) is 0.875. The third kappa shape index (κ3) is 17.7. The summed E-state index contributed by atoms with van der Waals surface area (Å²) in [7, 11) is 0. The van der Waals surface area contributed by atoms with Crippen LogP contribution in [0.4, 0.5) is 0 Å². The van der Waals surface area contributed by atoms with Gasteiger partial charge in [0.15, 0.2) is 0 Å². The molecule has 68 valence electrons. The predicted molar refractivity (Wildman–Crippen MR) is 44.7 cm³/mol. The van der Waals surface area contributed by atoms with E-state index in [9.17, 15) is 4.79 Å². The van der Waals surface area contributed by atoms with Crippen molar-refractivity contribution in [3.63, 3.8) is 0 Å². The van der Waals surface area contributed by atoms with Gasteiger partial charge in [-0.2, -0.15) is 0 Å². The summed E-state index contributed by atoms with van der Waals surface area (Å²) in [6.45, 7) is 3.83. The second-order valence-corrected chi connectivity index (χ2v) is 2.51. The van der Waals surface area contributed by atoms with E-state index in [4.69, 9.17) is 10.5 Å². The Labute approximate surface area is 68.0 Å². The van der Waals surface area contributed by atoms with Crippen LogP contribution in [0.3, 0.4) is 0 Å². The van der Waals surface area contributed by atoms with Crippen molar-refractivity contribution in [3.05, 3.63) is 0 Å². The van der Waals surface area contributed by atoms with Crippen LogP contribution in [0.1, 0.15) is 46.0 Å². The molecular weight excluding hydrogens is 144 g/mol. The Bertz CT molecular complexity index is 81.4. The third-order valence-corrected chi connectivity index (χ3v) is 1.38. The highest BCUT2D eigenvalue weighted by atomic mass is 17.0. The molecule has 0 aliphatic heterocycles. The van der Waals surface area contributed by atoms with Gasteiger partial charge in [0.1, 0.15) is 5.78 Å². The molecule has 3 nitrogen and oxygen atoms in total. The molecule has 0 unspecified atom stereocenters. The highest BCUT2D eigenvalue weighted by Gasteiger charge is 1.91. The van der Waals surface area contributed by atoms with E-state index in [1.54, 1.807) is 6.92 Å². The minimum Gasteiger partial charge on any atom is -0.300 e. The molecule has 0 radical (unpaired) electrons. The van der Waals surface area contributed by atoms with Crippen molar-refractivity contribution in [1.29, 1.82) is 0 Å².